The SMILES string of the molecule is COc1ccc(I)cc1C(=O)c1cc(Br)cc(N)c1C. The maximum Gasteiger partial charge on any atom is 0.197 e. The Balaban J connectivity index is 2.60. The number of hydrogen-bond acceptors (Lipinski definition) is 3. The Morgan fingerprint density at radius 3 is 2.60 bits per heavy atom. The molecule has 0 fully saturated rings. The van der Waals surface area contributed by atoms with Gasteiger partial charge in [-0.1, -0.05) is 15.9 Å². The molecule has 0 amide bonds. The van der Waals surface area contributed by atoms with Crippen LogP contribution in [0.1, 0.15) is 21.5 Å². The predicted molar refractivity (Wildman–Crippen MR) is 92.4 cm³/mol. The van der Waals surface area contributed by atoms with Crippen LogP contribution in [0.2, 0.25) is 0 Å². The van der Waals surface area contributed by atoms with Crippen LogP contribution in [-0.2, 0) is 0 Å². The first-order chi connectivity index (χ1) is 9.43. The largest absolute Gasteiger partial charge is 0.496 e. The van der Waals surface area contributed by atoms with Crippen LogP contribution in [-0.4, -0.2) is 12.9 Å². The van der Waals surface area contributed by atoms with Crippen LogP contribution in [0.4, 0.5) is 5.69 Å². The lowest BCUT2D eigenvalue weighted by Crippen LogP contribution is -2.08. The third-order valence-corrected chi connectivity index (χ3v) is 4.19. The molecular formula is C15H13BrINO2. The first-order valence-corrected chi connectivity index (χ1v) is 7.75. The Kier molecular flexibility index (Phi) is 4.70. The molecule has 3 nitrogen and oxygen atoms in total. The molecule has 2 N–H and O–H groups in total. The number of nitrogens with two attached hydrogens (primary N) is 1. The summed E-state index contributed by atoms with van der Waals surface area (Å²) < 4.78 is 7.04. The molecule has 5 heteroatoms. The van der Waals surface area contributed by atoms with E-state index >= 15 is 0 Å². The van der Waals surface area contributed by atoms with Crippen molar-refractivity contribution in [2.75, 3.05) is 12.8 Å². The maximum atomic E-state index is 12.7. The van der Waals surface area contributed by atoms with Gasteiger partial charge in [0.15, 0.2) is 5.78 Å². The number of rotatable bonds is 3. The zero-order chi connectivity index (χ0) is 14.9. The van der Waals surface area contributed by atoms with Gasteiger partial charge in [0, 0.05) is 19.3 Å². The van der Waals surface area contributed by atoms with Crippen LogP contribution in [0.3, 0.4) is 0 Å². The molecule has 2 rings (SSSR count). The second-order valence-electron chi connectivity index (χ2n) is 4.34. The molecule has 2 aromatic carbocycles. The van der Waals surface area contributed by atoms with Gasteiger partial charge in [-0.3, -0.25) is 4.79 Å². The van der Waals surface area contributed by atoms with Crippen molar-refractivity contribution in [3.8, 4) is 5.75 Å². The van der Waals surface area contributed by atoms with Crippen LogP contribution in [0.25, 0.3) is 0 Å². The third kappa shape index (κ3) is 2.98. The summed E-state index contributed by atoms with van der Waals surface area (Å²) in [6.45, 7) is 1.84. The van der Waals surface area contributed by atoms with E-state index in [2.05, 4.69) is 38.5 Å². The molecule has 0 radical (unpaired) electrons. The lowest BCUT2D eigenvalue weighted by molar-refractivity contribution is 0.103. The summed E-state index contributed by atoms with van der Waals surface area (Å²) in [4.78, 5) is 12.7. The van der Waals surface area contributed by atoms with E-state index in [0.29, 0.717) is 22.6 Å². The monoisotopic (exact) mass is 445 g/mol. The van der Waals surface area contributed by atoms with E-state index in [9.17, 15) is 4.79 Å². The van der Waals surface area contributed by atoms with Gasteiger partial charge in [0.05, 0.1) is 12.7 Å². The van der Waals surface area contributed by atoms with Crippen LogP contribution in [0, 0.1) is 10.5 Å². The van der Waals surface area contributed by atoms with E-state index in [1.165, 1.54) is 0 Å². The molecule has 0 aliphatic carbocycles. The normalized spacial score (nSPS) is 10.4. The van der Waals surface area contributed by atoms with Crippen LogP contribution < -0.4 is 10.5 Å². The molecule has 0 unspecified atom stereocenters. The van der Waals surface area contributed by atoms with Crippen LogP contribution in [0.15, 0.2) is 34.8 Å². The van der Waals surface area contributed by atoms with Gasteiger partial charge in [-0.15, -0.1) is 0 Å². The number of anilines is 1. The molecule has 0 atom stereocenters. The summed E-state index contributed by atoms with van der Waals surface area (Å²) >= 11 is 5.54. The smallest absolute Gasteiger partial charge is 0.197 e. The fraction of sp³-hybridized carbons (Fsp3) is 0.133. The molecule has 2 aromatic rings. The van der Waals surface area contributed by atoms with Crippen LogP contribution >= 0.6 is 38.5 Å². The number of ether oxygens (including phenoxy) is 1. The van der Waals surface area contributed by atoms with Crippen molar-refractivity contribution in [2.45, 2.75) is 6.92 Å². The molecule has 104 valence electrons. The Morgan fingerprint density at radius 2 is 1.95 bits per heavy atom. The van der Waals surface area contributed by atoms with E-state index in [-0.39, 0.29) is 5.78 Å². The highest BCUT2D eigenvalue weighted by atomic mass is 127. The maximum absolute atomic E-state index is 12.7. The van der Waals surface area contributed by atoms with Crippen molar-refractivity contribution in [2.24, 2.45) is 0 Å². The molecule has 0 spiro atoms. The number of benzene rings is 2. The number of carbonyl (C=O) groups excluding carboxylic acids is 1. The number of ketones is 1. The highest BCUT2D eigenvalue weighted by Gasteiger charge is 2.18. The highest BCUT2D eigenvalue weighted by molar-refractivity contribution is 14.1. The molecule has 0 aliphatic rings. The Morgan fingerprint density at radius 1 is 1.25 bits per heavy atom. The van der Waals surface area contributed by atoms with E-state index < -0.39 is 0 Å². The van der Waals surface area contributed by atoms with Crippen molar-refractivity contribution in [1.29, 1.82) is 0 Å². The van der Waals surface area contributed by atoms with E-state index in [4.69, 9.17) is 10.5 Å². The lowest BCUT2D eigenvalue weighted by atomic mass is 9.97. The zero-order valence-corrected chi connectivity index (χ0v) is 14.8. The summed E-state index contributed by atoms with van der Waals surface area (Å²) in [6.07, 6.45) is 0. The molecule has 0 saturated heterocycles. The lowest BCUT2D eigenvalue weighted by Gasteiger charge is -2.12. The highest BCUT2D eigenvalue weighted by Crippen LogP contribution is 2.29. The Hall–Kier alpha value is -1.08. The van der Waals surface area contributed by atoms with E-state index in [1.807, 2.05) is 19.1 Å². The topological polar surface area (TPSA) is 52.3 Å². The average Bonchev–Trinajstić information content (AvgIpc) is 2.42. The van der Waals surface area contributed by atoms with Gasteiger partial charge in [0.25, 0.3) is 0 Å². The number of halogens is 2. The molecule has 0 saturated carbocycles. The number of nitrogen functional groups attached to an aromatic ring is 1. The minimum Gasteiger partial charge on any atom is -0.496 e. The zero-order valence-electron chi connectivity index (χ0n) is 11.0. The molecule has 0 heterocycles. The summed E-state index contributed by atoms with van der Waals surface area (Å²) in [6, 6.07) is 9.09. The van der Waals surface area contributed by atoms with Gasteiger partial charge in [0.2, 0.25) is 0 Å². The van der Waals surface area contributed by atoms with Crippen molar-refractivity contribution >= 4 is 50.0 Å². The van der Waals surface area contributed by atoms with Gasteiger partial charge in [-0.05, 0) is 65.4 Å². The number of hydrogen-bond donors (Lipinski definition) is 1. The van der Waals surface area contributed by atoms with Crippen molar-refractivity contribution in [1.82, 2.24) is 0 Å². The van der Waals surface area contributed by atoms with Crippen molar-refractivity contribution in [3.05, 3.63) is 55.1 Å². The average molecular weight is 446 g/mol. The second kappa shape index (κ2) is 6.13. The quantitative estimate of drug-likeness (QED) is 0.438. The van der Waals surface area contributed by atoms with Crippen molar-refractivity contribution < 1.29 is 9.53 Å². The minimum atomic E-state index is -0.0918. The van der Waals surface area contributed by atoms with Crippen molar-refractivity contribution in [3.63, 3.8) is 0 Å². The minimum absolute atomic E-state index is 0.0918. The second-order valence-corrected chi connectivity index (χ2v) is 6.50. The molecule has 0 bridgehead atoms. The summed E-state index contributed by atoms with van der Waals surface area (Å²) in [5.41, 5.74) is 8.41. The standard InChI is InChI=1S/C15H13BrINO2/c1-8-11(5-9(16)6-13(8)18)15(19)12-7-10(17)3-4-14(12)20-2/h3-7H,18H2,1-2H3. The molecule has 0 aromatic heterocycles. The summed E-state index contributed by atoms with van der Waals surface area (Å²) in [7, 11) is 1.56. The summed E-state index contributed by atoms with van der Waals surface area (Å²) in [5, 5.41) is 0. The molecular weight excluding hydrogens is 433 g/mol. The van der Waals surface area contributed by atoms with Crippen LogP contribution in [0.5, 0.6) is 5.75 Å². The van der Waals surface area contributed by atoms with Gasteiger partial charge in [0.1, 0.15) is 5.75 Å². The predicted octanol–water partition coefficient (Wildman–Crippen LogP) is 4.18. The molecule has 0 aliphatic heterocycles. The third-order valence-electron chi connectivity index (χ3n) is 3.06. The Bertz CT molecular complexity index is 686. The fourth-order valence-electron chi connectivity index (χ4n) is 1.94. The van der Waals surface area contributed by atoms with Gasteiger partial charge < -0.3 is 10.5 Å². The number of carbonyl (C=O) groups is 1. The Labute approximate surface area is 139 Å². The number of methoxy groups -OCH3 is 1. The summed E-state index contributed by atoms with van der Waals surface area (Å²) in [5.74, 6) is 0.472. The van der Waals surface area contributed by atoms with E-state index in [1.54, 1.807) is 25.3 Å². The van der Waals surface area contributed by atoms with Gasteiger partial charge in [-0.25, -0.2) is 0 Å². The molecule has 20 heavy (non-hydrogen) atoms. The van der Waals surface area contributed by atoms with E-state index in [0.717, 1.165) is 13.6 Å². The van der Waals surface area contributed by atoms with Gasteiger partial charge in [-0.2, -0.15) is 0 Å². The first kappa shape index (κ1) is 15.3. The van der Waals surface area contributed by atoms with Gasteiger partial charge >= 0.3 is 0 Å². The fourth-order valence-corrected chi connectivity index (χ4v) is 2.91. The first-order valence-electron chi connectivity index (χ1n) is 5.88.